The summed E-state index contributed by atoms with van der Waals surface area (Å²) in [6.45, 7) is 4.02. The molecular weight excluding hydrogens is 304 g/mol. The highest BCUT2D eigenvalue weighted by atomic mass is 16.5. The van der Waals surface area contributed by atoms with Gasteiger partial charge in [-0.3, -0.25) is 4.79 Å². The number of aliphatic hydroxyl groups excluding tert-OH is 1. The number of aromatic nitrogens is 1. The first-order valence-corrected chi connectivity index (χ1v) is 8.81. The van der Waals surface area contributed by atoms with Crippen LogP contribution in [0.4, 0.5) is 0 Å². The van der Waals surface area contributed by atoms with Crippen LogP contribution in [-0.2, 0) is 4.74 Å². The molecular formula is C19H24N2O3. The molecule has 1 aromatic heterocycles. The van der Waals surface area contributed by atoms with Crippen LogP contribution in [0.3, 0.4) is 0 Å². The Morgan fingerprint density at radius 2 is 2.12 bits per heavy atom. The van der Waals surface area contributed by atoms with E-state index in [2.05, 4.69) is 4.98 Å². The molecule has 1 saturated heterocycles. The number of benzene rings is 1. The molecule has 2 aromatic rings. The van der Waals surface area contributed by atoms with Gasteiger partial charge in [0.25, 0.3) is 5.91 Å². The molecule has 0 unspecified atom stereocenters. The van der Waals surface area contributed by atoms with Gasteiger partial charge in [-0.15, -0.1) is 0 Å². The third-order valence-corrected chi connectivity index (χ3v) is 5.85. The van der Waals surface area contributed by atoms with Crippen molar-refractivity contribution >= 4 is 16.8 Å². The highest BCUT2D eigenvalue weighted by Gasteiger charge is 2.56. The number of nitrogens with zero attached hydrogens (tertiary/aromatic N) is 1. The number of aliphatic hydroxyl groups is 1. The van der Waals surface area contributed by atoms with Crippen molar-refractivity contribution in [3.8, 4) is 0 Å². The number of para-hydroxylation sites is 1. The maximum Gasteiger partial charge on any atom is 0.270 e. The van der Waals surface area contributed by atoms with Gasteiger partial charge in [0.1, 0.15) is 5.69 Å². The number of piperidine rings is 1. The van der Waals surface area contributed by atoms with E-state index in [1.165, 1.54) is 0 Å². The highest BCUT2D eigenvalue weighted by Crippen LogP contribution is 2.51. The van der Waals surface area contributed by atoms with Gasteiger partial charge in [0, 0.05) is 42.4 Å². The van der Waals surface area contributed by atoms with Crippen LogP contribution in [0.15, 0.2) is 30.3 Å². The highest BCUT2D eigenvalue weighted by molar-refractivity contribution is 5.98. The second-order valence-corrected chi connectivity index (χ2v) is 6.99. The van der Waals surface area contributed by atoms with E-state index in [0.29, 0.717) is 25.4 Å². The summed E-state index contributed by atoms with van der Waals surface area (Å²) in [5, 5.41) is 11.3. The fourth-order valence-corrected chi connectivity index (χ4v) is 4.30. The van der Waals surface area contributed by atoms with Crippen molar-refractivity contribution in [1.29, 1.82) is 0 Å². The van der Waals surface area contributed by atoms with E-state index in [1.54, 1.807) is 0 Å². The maximum atomic E-state index is 12.8. The Bertz CT molecular complexity index is 711. The van der Waals surface area contributed by atoms with Gasteiger partial charge in [-0.2, -0.15) is 0 Å². The lowest BCUT2D eigenvalue weighted by Crippen LogP contribution is -2.62. The number of carbonyl (C=O) groups is 1. The third-order valence-electron chi connectivity index (χ3n) is 5.85. The van der Waals surface area contributed by atoms with Crippen LogP contribution in [-0.4, -0.2) is 52.8 Å². The zero-order valence-corrected chi connectivity index (χ0v) is 14.0. The van der Waals surface area contributed by atoms with Crippen molar-refractivity contribution < 1.29 is 14.6 Å². The van der Waals surface area contributed by atoms with Crippen molar-refractivity contribution in [3.05, 3.63) is 36.0 Å². The van der Waals surface area contributed by atoms with Gasteiger partial charge < -0.3 is 19.7 Å². The van der Waals surface area contributed by atoms with Crippen LogP contribution in [0.5, 0.6) is 0 Å². The van der Waals surface area contributed by atoms with E-state index in [9.17, 15) is 9.90 Å². The number of carbonyl (C=O) groups excluding carboxylic acids is 1. The molecule has 1 spiro atoms. The van der Waals surface area contributed by atoms with Gasteiger partial charge in [-0.1, -0.05) is 18.2 Å². The molecule has 2 aliphatic rings. The average Bonchev–Trinajstić information content (AvgIpc) is 3.05. The van der Waals surface area contributed by atoms with E-state index in [4.69, 9.17) is 4.74 Å². The lowest BCUT2D eigenvalue weighted by atomic mass is 9.58. The molecule has 2 heterocycles. The van der Waals surface area contributed by atoms with Gasteiger partial charge in [0.15, 0.2) is 0 Å². The zero-order chi connectivity index (χ0) is 16.7. The standard InChI is InChI=1S/C19H24N2O3/c1-2-24-17-12-16(22)19(17)7-9-21(10-8-19)18(23)15-11-13-5-3-4-6-14(13)20-15/h3-6,11,16-17,20,22H,2,7-10,12H2,1H3/t16-,17-/m0/s1. The Balaban J connectivity index is 1.46. The number of hydrogen-bond acceptors (Lipinski definition) is 3. The molecule has 1 aromatic carbocycles. The smallest absolute Gasteiger partial charge is 0.270 e. The molecule has 2 fully saturated rings. The minimum absolute atomic E-state index is 0.0443. The van der Waals surface area contributed by atoms with Crippen molar-refractivity contribution in [1.82, 2.24) is 9.88 Å². The number of nitrogens with one attached hydrogen (secondary N) is 1. The van der Waals surface area contributed by atoms with E-state index in [-0.39, 0.29) is 23.5 Å². The Morgan fingerprint density at radius 3 is 2.79 bits per heavy atom. The van der Waals surface area contributed by atoms with Gasteiger partial charge in [-0.05, 0) is 31.9 Å². The van der Waals surface area contributed by atoms with Gasteiger partial charge >= 0.3 is 0 Å². The molecule has 1 amide bonds. The fourth-order valence-electron chi connectivity index (χ4n) is 4.30. The summed E-state index contributed by atoms with van der Waals surface area (Å²) in [5.74, 6) is 0.0443. The SMILES string of the molecule is CCO[C@H]1C[C@H](O)C12CCN(C(=O)c1cc3ccccc3[nH]1)CC2. The number of hydrogen-bond donors (Lipinski definition) is 2. The molecule has 5 nitrogen and oxygen atoms in total. The van der Waals surface area contributed by atoms with Crippen LogP contribution in [0.1, 0.15) is 36.7 Å². The van der Waals surface area contributed by atoms with E-state index < -0.39 is 0 Å². The summed E-state index contributed by atoms with van der Waals surface area (Å²) in [6.07, 6.45) is 2.20. The van der Waals surface area contributed by atoms with E-state index in [0.717, 1.165) is 30.2 Å². The molecule has 1 aliphatic heterocycles. The lowest BCUT2D eigenvalue weighted by molar-refractivity contribution is -0.207. The predicted molar refractivity (Wildman–Crippen MR) is 91.9 cm³/mol. The first-order chi connectivity index (χ1) is 11.6. The third kappa shape index (κ3) is 2.34. The molecule has 1 aliphatic carbocycles. The summed E-state index contributed by atoms with van der Waals surface area (Å²) >= 11 is 0. The predicted octanol–water partition coefficient (Wildman–Crippen LogP) is 2.56. The summed E-state index contributed by atoms with van der Waals surface area (Å²) < 4.78 is 5.79. The van der Waals surface area contributed by atoms with Gasteiger partial charge in [0.05, 0.1) is 12.2 Å². The molecule has 4 rings (SSSR count). The van der Waals surface area contributed by atoms with E-state index >= 15 is 0 Å². The quantitative estimate of drug-likeness (QED) is 0.910. The summed E-state index contributed by atoms with van der Waals surface area (Å²) in [5.41, 5.74) is 1.48. The van der Waals surface area contributed by atoms with Crippen LogP contribution < -0.4 is 0 Å². The van der Waals surface area contributed by atoms with Crippen molar-refractivity contribution in [2.75, 3.05) is 19.7 Å². The average molecular weight is 328 g/mol. The number of amides is 1. The molecule has 2 N–H and O–H groups in total. The number of aromatic amines is 1. The van der Waals surface area contributed by atoms with Crippen LogP contribution in [0.25, 0.3) is 10.9 Å². The number of rotatable bonds is 3. The normalized spacial score (nSPS) is 25.8. The van der Waals surface area contributed by atoms with Crippen LogP contribution in [0.2, 0.25) is 0 Å². The Morgan fingerprint density at radius 1 is 1.38 bits per heavy atom. The largest absolute Gasteiger partial charge is 0.392 e. The van der Waals surface area contributed by atoms with Crippen molar-refractivity contribution in [2.24, 2.45) is 5.41 Å². The Kier molecular flexibility index (Phi) is 3.85. The second kappa shape index (κ2) is 5.90. The number of likely N-dealkylation sites (tertiary alicyclic amines) is 1. The Labute approximate surface area is 141 Å². The number of fused-ring (bicyclic) bond motifs is 1. The molecule has 1 saturated carbocycles. The fraction of sp³-hybridized carbons (Fsp3) is 0.526. The summed E-state index contributed by atoms with van der Waals surface area (Å²) in [4.78, 5) is 17.9. The minimum atomic E-state index is -0.292. The summed E-state index contributed by atoms with van der Waals surface area (Å²) in [6, 6.07) is 9.84. The number of H-pyrrole nitrogens is 1. The van der Waals surface area contributed by atoms with E-state index in [1.807, 2.05) is 42.2 Å². The minimum Gasteiger partial charge on any atom is -0.392 e. The molecule has 24 heavy (non-hydrogen) atoms. The Hall–Kier alpha value is -1.85. The molecule has 5 heteroatoms. The lowest BCUT2D eigenvalue weighted by Gasteiger charge is -2.56. The number of ether oxygens (including phenoxy) is 1. The molecule has 2 atom stereocenters. The maximum absolute atomic E-state index is 12.8. The van der Waals surface area contributed by atoms with Crippen LogP contribution in [0, 0.1) is 5.41 Å². The van der Waals surface area contributed by atoms with Crippen molar-refractivity contribution in [3.63, 3.8) is 0 Å². The molecule has 0 bridgehead atoms. The van der Waals surface area contributed by atoms with Crippen LogP contribution >= 0.6 is 0 Å². The molecule has 0 radical (unpaired) electrons. The summed E-state index contributed by atoms with van der Waals surface area (Å²) in [7, 11) is 0. The molecule has 128 valence electrons. The first kappa shape index (κ1) is 15.7. The monoisotopic (exact) mass is 328 g/mol. The van der Waals surface area contributed by atoms with Gasteiger partial charge in [0.2, 0.25) is 0 Å². The van der Waals surface area contributed by atoms with Crippen molar-refractivity contribution in [2.45, 2.75) is 38.4 Å². The second-order valence-electron chi connectivity index (χ2n) is 6.99. The van der Waals surface area contributed by atoms with Gasteiger partial charge in [-0.25, -0.2) is 0 Å². The topological polar surface area (TPSA) is 65.6 Å². The first-order valence-electron chi connectivity index (χ1n) is 8.81. The zero-order valence-electron chi connectivity index (χ0n) is 14.0.